The number of alkyl halides is 1. The van der Waals surface area contributed by atoms with Crippen molar-refractivity contribution in [1.29, 1.82) is 0 Å². The molecular weight excluding hydrogens is 354 g/mol. The summed E-state index contributed by atoms with van der Waals surface area (Å²) in [5.41, 5.74) is 1.12. The van der Waals surface area contributed by atoms with Crippen molar-refractivity contribution in [3.05, 3.63) is 20.3 Å². The lowest BCUT2D eigenvalue weighted by Crippen LogP contribution is -2.29. The lowest BCUT2D eigenvalue weighted by atomic mass is 10.3. The zero-order chi connectivity index (χ0) is 11.7. The van der Waals surface area contributed by atoms with Crippen molar-refractivity contribution in [3.8, 4) is 0 Å². The molecule has 0 spiro atoms. The van der Waals surface area contributed by atoms with Crippen LogP contribution in [0.4, 0.5) is 0 Å². The maximum absolute atomic E-state index is 11.8. The van der Waals surface area contributed by atoms with Crippen molar-refractivity contribution >= 4 is 49.1 Å². The first-order chi connectivity index (χ1) is 7.58. The minimum atomic E-state index is 0.0314. The van der Waals surface area contributed by atoms with Gasteiger partial charge < -0.3 is 5.32 Å². The van der Waals surface area contributed by atoms with Crippen molar-refractivity contribution in [2.24, 2.45) is 5.92 Å². The van der Waals surface area contributed by atoms with Gasteiger partial charge in [-0.25, -0.2) is 0 Å². The molecule has 0 radical (unpaired) electrons. The molecular formula is C11H13Br2NOS. The smallest absolute Gasteiger partial charge is 0.261 e. The predicted molar refractivity (Wildman–Crippen MR) is 74.5 cm³/mol. The van der Waals surface area contributed by atoms with Gasteiger partial charge in [-0.2, -0.15) is 0 Å². The average Bonchev–Trinajstić information content (AvgIpc) is 3.03. The largest absolute Gasteiger partial charge is 0.350 e. The van der Waals surface area contributed by atoms with Crippen LogP contribution in [0.15, 0.2) is 9.85 Å². The molecule has 5 heteroatoms. The van der Waals surface area contributed by atoms with Gasteiger partial charge in [0, 0.05) is 11.4 Å². The first kappa shape index (κ1) is 12.6. The SMILES string of the molecule is Cc1cc(C(=O)NCC(Br)C2CC2)sc1Br. The van der Waals surface area contributed by atoms with Crippen LogP contribution in [-0.4, -0.2) is 17.3 Å². The van der Waals surface area contributed by atoms with E-state index in [-0.39, 0.29) is 5.91 Å². The number of halogens is 2. The summed E-state index contributed by atoms with van der Waals surface area (Å²) in [7, 11) is 0. The maximum Gasteiger partial charge on any atom is 0.261 e. The second-order valence-corrected chi connectivity index (χ2v) is 7.68. The fraction of sp³-hybridized carbons (Fsp3) is 0.545. The van der Waals surface area contributed by atoms with E-state index in [0.717, 1.165) is 26.7 Å². The Bertz CT molecular complexity index is 381. The Hall–Kier alpha value is 0.130. The Morgan fingerprint density at radius 1 is 1.69 bits per heavy atom. The van der Waals surface area contributed by atoms with Gasteiger partial charge in [-0.3, -0.25) is 4.79 Å². The van der Waals surface area contributed by atoms with Crippen molar-refractivity contribution in [3.63, 3.8) is 0 Å². The van der Waals surface area contributed by atoms with E-state index in [1.165, 1.54) is 24.2 Å². The van der Waals surface area contributed by atoms with E-state index in [0.29, 0.717) is 4.83 Å². The number of amides is 1. The molecule has 0 aliphatic heterocycles. The number of nitrogens with one attached hydrogen (secondary N) is 1. The Labute approximate surface area is 116 Å². The molecule has 88 valence electrons. The van der Waals surface area contributed by atoms with E-state index < -0.39 is 0 Å². The van der Waals surface area contributed by atoms with Crippen molar-refractivity contribution in [1.82, 2.24) is 5.32 Å². The molecule has 1 aliphatic rings. The molecule has 1 fully saturated rings. The maximum atomic E-state index is 11.8. The highest BCUT2D eigenvalue weighted by Gasteiger charge is 2.29. The second kappa shape index (κ2) is 5.19. The zero-order valence-corrected chi connectivity index (χ0v) is 12.9. The predicted octanol–water partition coefficient (Wildman–Crippen LogP) is 3.72. The summed E-state index contributed by atoms with van der Waals surface area (Å²) in [4.78, 5) is 13.0. The molecule has 16 heavy (non-hydrogen) atoms. The third kappa shape index (κ3) is 3.08. The van der Waals surface area contributed by atoms with Crippen LogP contribution in [0.3, 0.4) is 0 Å². The van der Waals surface area contributed by atoms with Crippen LogP contribution in [0.5, 0.6) is 0 Å². The van der Waals surface area contributed by atoms with E-state index in [4.69, 9.17) is 0 Å². The number of hydrogen-bond donors (Lipinski definition) is 1. The molecule has 0 saturated heterocycles. The van der Waals surface area contributed by atoms with E-state index in [2.05, 4.69) is 37.2 Å². The van der Waals surface area contributed by atoms with Crippen molar-refractivity contribution in [2.75, 3.05) is 6.54 Å². The summed E-state index contributed by atoms with van der Waals surface area (Å²) >= 11 is 8.52. The van der Waals surface area contributed by atoms with Gasteiger partial charge in [-0.1, -0.05) is 15.9 Å². The van der Waals surface area contributed by atoms with E-state index in [1.807, 2.05) is 13.0 Å². The summed E-state index contributed by atoms with van der Waals surface area (Å²) in [6, 6.07) is 1.92. The Balaban J connectivity index is 1.87. The number of rotatable bonds is 4. The lowest BCUT2D eigenvalue weighted by molar-refractivity contribution is 0.0957. The number of carbonyl (C=O) groups excluding carboxylic acids is 1. The summed E-state index contributed by atoms with van der Waals surface area (Å²) in [5.74, 6) is 0.793. The molecule has 1 saturated carbocycles. The highest BCUT2D eigenvalue weighted by molar-refractivity contribution is 9.11. The van der Waals surface area contributed by atoms with Crippen LogP contribution in [-0.2, 0) is 0 Å². The summed E-state index contributed by atoms with van der Waals surface area (Å²) in [6.45, 7) is 2.72. The molecule has 1 aromatic rings. The minimum absolute atomic E-state index is 0.0314. The third-order valence-electron chi connectivity index (χ3n) is 2.67. The summed E-state index contributed by atoms with van der Waals surface area (Å²) in [5, 5.41) is 2.96. The van der Waals surface area contributed by atoms with Gasteiger partial charge in [0.15, 0.2) is 0 Å². The van der Waals surface area contributed by atoms with Crippen LogP contribution in [0.1, 0.15) is 28.1 Å². The van der Waals surface area contributed by atoms with Gasteiger partial charge in [0.25, 0.3) is 5.91 Å². The molecule has 1 atom stereocenters. The number of carbonyl (C=O) groups is 1. The topological polar surface area (TPSA) is 29.1 Å². The Kier molecular flexibility index (Phi) is 4.08. The Morgan fingerprint density at radius 3 is 2.88 bits per heavy atom. The van der Waals surface area contributed by atoms with Crippen LogP contribution in [0.25, 0.3) is 0 Å². The van der Waals surface area contributed by atoms with Gasteiger partial charge in [-0.15, -0.1) is 11.3 Å². The van der Waals surface area contributed by atoms with Gasteiger partial charge >= 0.3 is 0 Å². The molecule has 0 bridgehead atoms. The molecule has 1 unspecified atom stereocenters. The van der Waals surface area contributed by atoms with E-state index in [9.17, 15) is 4.79 Å². The van der Waals surface area contributed by atoms with Crippen LogP contribution < -0.4 is 5.32 Å². The molecule has 1 N–H and O–H groups in total. The number of aryl methyl sites for hydroxylation is 1. The first-order valence-electron chi connectivity index (χ1n) is 5.26. The standard InChI is InChI=1S/C11H13Br2NOS/c1-6-4-9(16-10(6)13)11(15)14-5-8(12)7-2-3-7/h4,7-8H,2-3,5H2,1H3,(H,14,15). The third-order valence-corrected chi connectivity index (χ3v) is 5.88. The number of hydrogen-bond acceptors (Lipinski definition) is 2. The van der Waals surface area contributed by atoms with Crippen LogP contribution in [0.2, 0.25) is 0 Å². The van der Waals surface area contributed by atoms with Gasteiger partial charge in [-0.05, 0) is 53.2 Å². The summed E-state index contributed by atoms with van der Waals surface area (Å²) in [6.07, 6.45) is 2.57. The first-order valence-corrected chi connectivity index (χ1v) is 7.78. The normalized spacial score (nSPS) is 17.2. The van der Waals surface area contributed by atoms with Crippen molar-refractivity contribution < 1.29 is 4.79 Å². The van der Waals surface area contributed by atoms with E-state index >= 15 is 0 Å². The molecule has 0 aromatic carbocycles. The summed E-state index contributed by atoms with van der Waals surface area (Å²) < 4.78 is 1.04. The highest BCUT2D eigenvalue weighted by atomic mass is 79.9. The molecule has 2 nitrogen and oxygen atoms in total. The quantitative estimate of drug-likeness (QED) is 0.808. The monoisotopic (exact) mass is 365 g/mol. The van der Waals surface area contributed by atoms with Gasteiger partial charge in [0.1, 0.15) is 0 Å². The Morgan fingerprint density at radius 2 is 2.38 bits per heavy atom. The molecule has 2 rings (SSSR count). The second-order valence-electron chi connectivity index (χ2n) is 4.13. The fourth-order valence-electron chi connectivity index (χ4n) is 1.47. The van der Waals surface area contributed by atoms with Gasteiger partial charge in [0.2, 0.25) is 0 Å². The van der Waals surface area contributed by atoms with Crippen LogP contribution in [0, 0.1) is 12.8 Å². The van der Waals surface area contributed by atoms with Crippen LogP contribution >= 0.6 is 43.2 Å². The van der Waals surface area contributed by atoms with Gasteiger partial charge in [0.05, 0.1) is 8.66 Å². The van der Waals surface area contributed by atoms with Crippen molar-refractivity contribution in [2.45, 2.75) is 24.6 Å². The molecule has 1 amide bonds. The highest BCUT2D eigenvalue weighted by Crippen LogP contribution is 2.36. The van der Waals surface area contributed by atoms with E-state index in [1.54, 1.807) is 0 Å². The zero-order valence-electron chi connectivity index (χ0n) is 8.93. The molecule has 1 aliphatic carbocycles. The molecule has 1 heterocycles. The minimum Gasteiger partial charge on any atom is -0.350 e. The average molecular weight is 367 g/mol. The lowest BCUT2D eigenvalue weighted by Gasteiger charge is -2.08. The molecule has 1 aromatic heterocycles. The fourth-order valence-corrected chi connectivity index (χ4v) is 3.62. The number of thiophene rings is 1.